The molecule has 6 nitrogen and oxygen atoms in total. The van der Waals surface area contributed by atoms with Crippen LogP contribution in [0.3, 0.4) is 0 Å². The fourth-order valence-electron chi connectivity index (χ4n) is 5.67. The second-order valence-electron chi connectivity index (χ2n) is 9.27. The Morgan fingerprint density at radius 1 is 1.23 bits per heavy atom. The van der Waals surface area contributed by atoms with E-state index in [2.05, 4.69) is 11.2 Å². The van der Waals surface area contributed by atoms with E-state index in [0.717, 1.165) is 48.5 Å². The number of carbonyl (C=O) groups is 1. The number of hydrogen-bond acceptors (Lipinski definition) is 4. The van der Waals surface area contributed by atoms with Crippen molar-refractivity contribution in [3.8, 4) is 0 Å². The second kappa shape index (κ2) is 6.61. The van der Waals surface area contributed by atoms with Crippen LogP contribution in [0.2, 0.25) is 5.02 Å². The molecule has 0 spiro atoms. The zero-order valence-corrected chi connectivity index (χ0v) is 18.7. The topological polar surface area (TPSA) is 59.1 Å². The highest BCUT2D eigenvalue weighted by Gasteiger charge is 2.73. The van der Waals surface area contributed by atoms with E-state index < -0.39 is 15.3 Å². The molecule has 4 fully saturated rings. The van der Waals surface area contributed by atoms with Gasteiger partial charge >= 0.3 is 6.09 Å². The lowest BCUT2D eigenvalue weighted by Gasteiger charge is -2.46. The Hall–Kier alpha value is -1.28. The fraction of sp³-hybridized carbons (Fsp3) is 0.636. The molecule has 5 atom stereocenters. The summed E-state index contributed by atoms with van der Waals surface area (Å²) in [7, 11) is -2.65. The minimum absolute atomic E-state index is 0.00584. The second-order valence-corrected chi connectivity index (χ2v) is 12.1. The first kappa shape index (κ1) is 19.4. The lowest BCUT2D eigenvalue weighted by Crippen LogP contribution is -2.61. The number of hydrogen-bond donors (Lipinski definition) is 0. The van der Waals surface area contributed by atoms with Crippen LogP contribution in [-0.4, -0.2) is 67.9 Å². The van der Waals surface area contributed by atoms with E-state index in [1.165, 1.54) is 0 Å². The molecule has 2 saturated heterocycles. The van der Waals surface area contributed by atoms with Crippen molar-refractivity contribution in [2.24, 2.45) is 5.92 Å². The number of fused-ring (bicyclic) bond motifs is 3. The zero-order chi connectivity index (χ0) is 20.7. The smallest absolute Gasteiger partial charge is 0.410 e. The molecule has 2 unspecified atom stereocenters. The molecule has 1 amide bonds. The molecule has 3 heterocycles. The Morgan fingerprint density at radius 3 is 2.60 bits per heavy atom. The minimum Gasteiger partial charge on any atom is -0.435 e. The molecule has 1 aromatic carbocycles. The molecular weight excluding hydrogens is 424 g/mol. The first-order valence-corrected chi connectivity index (χ1v) is 12.9. The molecule has 0 radical (unpaired) electrons. The summed E-state index contributed by atoms with van der Waals surface area (Å²) in [5.74, 6) is 0.486. The van der Waals surface area contributed by atoms with Crippen LogP contribution >= 0.6 is 11.6 Å². The van der Waals surface area contributed by atoms with Gasteiger partial charge in [-0.05, 0) is 62.8 Å². The molecule has 0 aromatic heterocycles. The van der Waals surface area contributed by atoms with Crippen molar-refractivity contribution < 1.29 is 18.5 Å². The summed E-state index contributed by atoms with van der Waals surface area (Å²) in [4.78, 5) is 16.3. The summed E-state index contributed by atoms with van der Waals surface area (Å²) >= 11 is 6.12. The van der Waals surface area contributed by atoms with E-state index in [1.807, 2.05) is 12.1 Å². The van der Waals surface area contributed by atoms with Crippen LogP contribution in [0.4, 0.5) is 4.79 Å². The average Bonchev–Trinajstić information content (AvgIpc) is 3.62. The van der Waals surface area contributed by atoms with E-state index in [-0.39, 0.29) is 24.3 Å². The Morgan fingerprint density at radius 2 is 1.93 bits per heavy atom. The molecule has 2 aliphatic carbocycles. The standard InChI is InChI=1S/C22H27ClN2O4S/c1-14-20(15-4-5-15)25-18(13-28-14)22(29-21(26)24-10-2-3-11-24)12-19(22)30(25,27)17-8-6-16(23)7-9-17/h6-9,14-15,18,20H,2-5,10-13H2,1H3/t14-,18-,20+,22?,30?/m1/s1. The van der Waals surface area contributed by atoms with E-state index in [4.69, 9.17) is 21.1 Å². The molecular formula is C22H27ClN2O4S. The van der Waals surface area contributed by atoms with Gasteiger partial charge in [0.05, 0.1) is 39.4 Å². The summed E-state index contributed by atoms with van der Waals surface area (Å²) in [5.41, 5.74) is -0.788. The summed E-state index contributed by atoms with van der Waals surface area (Å²) in [6.07, 6.45) is 4.58. The third kappa shape index (κ3) is 2.65. The lowest BCUT2D eigenvalue weighted by molar-refractivity contribution is -0.0985. The molecule has 3 aliphatic heterocycles. The van der Waals surface area contributed by atoms with E-state index >= 15 is 0 Å². The van der Waals surface area contributed by atoms with Crippen molar-refractivity contribution >= 4 is 32.3 Å². The molecule has 30 heavy (non-hydrogen) atoms. The van der Waals surface area contributed by atoms with E-state index in [9.17, 15) is 9.00 Å². The predicted octanol–water partition coefficient (Wildman–Crippen LogP) is 3.33. The van der Waals surface area contributed by atoms with Crippen molar-refractivity contribution in [3.05, 3.63) is 29.3 Å². The normalized spacial score (nSPS) is 40.3. The van der Waals surface area contributed by atoms with Crippen LogP contribution in [0.1, 0.15) is 39.0 Å². The van der Waals surface area contributed by atoms with Gasteiger partial charge in [-0.3, -0.25) is 0 Å². The van der Waals surface area contributed by atoms with Gasteiger partial charge in [0.25, 0.3) is 0 Å². The first-order chi connectivity index (χ1) is 14.4. The van der Waals surface area contributed by atoms with Crippen LogP contribution in [0.5, 0.6) is 0 Å². The molecule has 1 aromatic rings. The van der Waals surface area contributed by atoms with E-state index in [1.54, 1.807) is 17.0 Å². The van der Waals surface area contributed by atoms with Crippen molar-refractivity contribution in [1.82, 2.24) is 9.21 Å². The maximum absolute atomic E-state index is 14.8. The summed E-state index contributed by atoms with van der Waals surface area (Å²) in [6, 6.07) is 7.23. The van der Waals surface area contributed by atoms with Crippen molar-refractivity contribution in [2.45, 2.75) is 67.7 Å². The van der Waals surface area contributed by atoms with Gasteiger partial charge in [-0.1, -0.05) is 11.6 Å². The fourth-order valence-corrected chi connectivity index (χ4v) is 9.42. The zero-order valence-electron chi connectivity index (χ0n) is 17.1. The lowest BCUT2D eigenvalue weighted by atomic mass is 10.00. The average molecular weight is 451 g/mol. The van der Waals surface area contributed by atoms with Crippen molar-refractivity contribution in [3.63, 3.8) is 0 Å². The van der Waals surface area contributed by atoms with Gasteiger partial charge in [-0.15, -0.1) is 0 Å². The maximum Gasteiger partial charge on any atom is 0.410 e. The third-order valence-corrected chi connectivity index (χ3v) is 10.8. The van der Waals surface area contributed by atoms with Gasteiger partial charge in [-0.25, -0.2) is 13.3 Å². The number of ether oxygens (including phenoxy) is 2. The summed E-state index contributed by atoms with van der Waals surface area (Å²) in [6.45, 7) is 4.00. The highest BCUT2D eigenvalue weighted by Crippen LogP contribution is 2.57. The van der Waals surface area contributed by atoms with Crippen LogP contribution in [0.25, 0.3) is 0 Å². The Labute approximate surface area is 182 Å². The van der Waals surface area contributed by atoms with Gasteiger partial charge in [0, 0.05) is 29.4 Å². The SMILES string of the molecule is C[C@H]1OC[C@H]2N([C@@H]1C1CC1)S(=O)(c1ccc(Cl)cc1)=C1CC12OC(=O)N1CCCC1. The van der Waals surface area contributed by atoms with Crippen molar-refractivity contribution in [2.75, 3.05) is 19.7 Å². The number of morpholine rings is 1. The third-order valence-electron chi connectivity index (χ3n) is 7.41. The highest BCUT2D eigenvalue weighted by molar-refractivity contribution is 8.01. The largest absolute Gasteiger partial charge is 0.435 e. The van der Waals surface area contributed by atoms with Crippen LogP contribution in [0, 0.1) is 5.92 Å². The summed E-state index contributed by atoms with van der Waals surface area (Å²) < 4.78 is 29.4. The molecule has 8 heteroatoms. The monoisotopic (exact) mass is 450 g/mol. The number of halogens is 1. The van der Waals surface area contributed by atoms with Crippen LogP contribution in [0.15, 0.2) is 29.2 Å². The van der Waals surface area contributed by atoms with Gasteiger partial charge in [0.1, 0.15) is 0 Å². The van der Waals surface area contributed by atoms with Gasteiger partial charge in [0.2, 0.25) is 0 Å². The first-order valence-electron chi connectivity index (χ1n) is 11.0. The quantitative estimate of drug-likeness (QED) is 0.663. The predicted molar refractivity (Wildman–Crippen MR) is 115 cm³/mol. The Bertz CT molecular complexity index is 1010. The molecule has 0 N–H and O–H groups in total. The summed E-state index contributed by atoms with van der Waals surface area (Å²) in [5, 5.41) is 0.623. The molecule has 2 saturated carbocycles. The van der Waals surface area contributed by atoms with Crippen LogP contribution in [-0.2, 0) is 19.2 Å². The molecule has 5 aliphatic rings. The number of rotatable bonds is 3. The Balaban J connectivity index is 1.45. The maximum atomic E-state index is 14.8. The van der Waals surface area contributed by atoms with Crippen LogP contribution < -0.4 is 0 Å². The van der Waals surface area contributed by atoms with Gasteiger partial charge in [0.15, 0.2) is 5.60 Å². The Kier molecular flexibility index (Phi) is 4.28. The minimum atomic E-state index is -2.65. The van der Waals surface area contributed by atoms with Crippen molar-refractivity contribution in [1.29, 1.82) is 0 Å². The molecule has 6 rings (SSSR count). The van der Waals surface area contributed by atoms with Gasteiger partial charge < -0.3 is 14.4 Å². The molecule has 162 valence electrons. The molecule has 0 bridgehead atoms. The van der Waals surface area contributed by atoms with Gasteiger partial charge in [-0.2, -0.15) is 0 Å². The number of carbonyl (C=O) groups excluding carboxylic acids is 1. The number of likely N-dealkylation sites (tertiary alicyclic amines) is 1. The highest BCUT2D eigenvalue weighted by atomic mass is 35.5. The number of amides is 1. The number of benzene rings is 1. The van der Waals surface area contributed by atoms with E-state index in [0.29, 0.717) is 24.0 Å². The number of nitrogens with zero attached hydrogens (tertiary/aromatic N) is 2.